The number of imide groups is 1. The molecule has 2 amide bonds. The zero-order valence-electron chi connectivity index (χ0n) is 22.8. The monoisotopic (exact) mass is 537 g/mol. The second-order valence-corrected chi connectivity index (χ2v) is 12.9. The van der Waals surface area contributed by atoms with Crippen LogP contribution in [0, 0.1) is 36.0 Å². The molecule has 2 heterocycles. The van der Waals surface area contributed by atoms with Crippen molar-refractivity contribution < 1.29 is 9.59 Å². The van der Waals surface area contributed by atoms with E-state index in [2.05, 4.69) is 45.2 Å². The second-order valence-electron chi connectivity index (χ2n) is 12.9. The Hall–Kier alpha value is -3.52. The Morgan fingerprint density at radius 2 is 1.77 bits per heavy atom. The Labute approximate surface area is 232 Å². The summed E-state index contributed by atoms with van der Waals surface area (Å²) in [6, 6.07) is 14.3. The van der Waals surface area contributed by atoms with Gasteiger partial charge in [0.2, 0.25) is 11.8 Å². The van der Waals surface area contributed by atoms with E-state index in [-0.39, 0.29) is 17.9 Å². The number of aromatic nitrogens is 2. The summed E-state index contributed by atoms with van der Waals surface area (Å²) in [5.74, 6) is 3.62. The average molecular weight is 538 g/mol. The summed E-state index contributed by atoms with van der Waals surface area (Å²) in [4.78, 5) is 42.5. The molecule has 8 rings (SSSR count). The van der Waals surface area contributed by atoms with Crippen LogP contribution in [-0.4, -0.2) is 27.4 Å². The fourth-order valence-corrected chi connectivity index (χ4v) is 9.41. The van der Waals surface area contributed by atoms with E-state index in [1.54, 1.807) is 6.92 Å². The first-order valence-corrected chi connectivity index (χ1v) is 14.8. The maximum Gasteiger partial charge on any atom is 0.264 e. The highest BCUT2D eigenvalue weighted by Crippen LogP contribution is 2.81. The number of carbonyl (C=O) groups excluding carboxylic acids is 2. The summed E-state index contributed by atoms with van der Waals surface area (Å²) < 4.78 is 1.43. The van der Waals surface area contributed by atoms with Crippen molar-refractivity contribution in [1.82, 2.24) is 20.2 Å². The molecule has 4 aliphatic carbocycles. The van der Waals surface area contributed by atoms with Crippen LogP contribution in [0.15, 0.2) is 47.3 Å². The molecule has 40 heavy (non-hydrogen) atoms. The highest BCUT2D eigenvalue weighted by molar-refractivity contribution is 5.99. The number of nitrogens with one attached hydrogen (secondary N) is 3. The third kappa shape index (κ3) is 3.41. The molecule has 2 bridgehead atoms. The lowest BCUT2D eigenvalue weighted by Gasteiger charge is -2.71. The number of hydrogen-bond acceptors (Lipinski definition) is 6. The number of aryl methyl sites for hydroxylation is 1. The molecule has 1 saturated heterocycles. The molecule has 2 aromatic carbocycles. The van der Waals surface area contributed by atoms with E-state index >= 15 is 0 Å². The van der Waals surface area contributed by atoms with Crippen LogP contribution in [-0.2, 0) is 22.7 Å². The van der Waals surface area contributed by atoms with Crippen molar-refractivity contribution in [3.8, 4) is 0 Å². The van der Waals surface area contributed by atoms with Crippen molar-refractivity contribution in [2.45, 2.75) is 70.6 Å². The minimum Gasteiger partial charge on any atom is -0.380 e. The lowest BCUT2D eigenvalue weighted by Crippen LogP contribution is -2.72. The number of hydrogen-bond donors (Lipinski definition) is 3. The molecule has 4 saturated carbocycles. The Morgan fingerprint density at radius 3 is 2.55 bits per heavy atom. The molecule has 8 nitrogen and oxygen atoms in total. The summed E-state index contributed by atoms with van der Waals surface area (Å²) >= 11 is 0. The largest absolute Gasteiger partial charge is 0.380 e. The minimum atomic E-state index is -0.740. The third-order valence-corrected chi connectivity index (χ3v) is 11.1. The smallest absolute Gasteiger partial charge is 0.264 e. The fourth-order valence-electron chi connectivity index (χ4n) is 9.41. The fraction of sp³-hybridized carbons (Fsp3) is 0.500. The average Bonchev–Trinajstić information content (AvgIpc) is 3.46. The van der Waals surface area contributed by atoms with Gasteiger partial charge in [0, 0.05) is 31.2 Å². The van der Waals surface area contributed by atoms with Crippen LogP contribution in [0.4, 0.5) is 5.69 Å². The van der Waals surface area contributed by atoms with Crippen molar-refractivity contribution >= 4 is 28.4 Å². The summed E-state index contributed by atoms with van der Waals surface area (Å²) in [6.07, 6.45) is 6.44. The predicted octanol–water partition coefficient (Wildman–Crippen LogP) is 3.82. The first kappa shape index (κ1) is 24.3. The van der Waals surface area contributed by atoms with Crippen molar-refractivity contribution in [3.63, 3.8) is 0 Å². The molecule has 1 aliphatic heterocycles. The van der Waals surface area contributed by atoms with Crippen LogP contribution >= 0.6 is 0 Å². The van der Waals surface area contributed by atoms with Gasteiger partial charge in [-0.25, -0.2) is 4.98 Å². The number of nitrogens with zero attached hydrogens (tertiary/aromatic N) is 2. The highest BCUT2D eigenvalue weighted by Gasteiger charge is 2.77. The standard InChI is InChI=1S/C32H35N5O3/c1-17-35-25-4-2-3-24(28(25)31(40)37(17)26-9-10-27(38)36-30(26)39)33-15-18-5-7-19(8-6-18)16-34-29-22-12-20-11-21-13-23(29)32(21,22)14-20/h2-8,20-23,26,29,33-34H,9-16H2,1H3,(H,36,38,39). The van der Waals surface area contributed by atoms with E-state index in [1.807, 2.05) is 18.2 Å². The molecule has 5 aliphatic rings. The van der Waals surface area contributed by atoms with Gasteiger partial charge in [0.15, 0.2) is 0 Å². The van der Waals surface area contributed by atoms with Crippen molar-refractivity contribution in [2.75, 3.05) is 5.32 Å². The Bertz CT molecular complexity index is 1610. The SMILES string of the molecule is Cc1nc2cccc(NCc3ccc(CNC4C5CC6CC7CC4C75C6)cc3)c2c(=O)n1C1CCC(=O)NC1=O. The van der Waals surface area contributed by atoms with Gasteiger partial charge in [0.1, 0.15) is 11.9 Å². The molecule has 206 valence electrons. The normalized spacial score (nSPS) is 33.3. The molecule has 7 unspecified atom stereocenters. The van der Waals surface area contributed by atoms with Crippen LogP contribution < -0.4 is 21.5 Å². The zero-order valence-corrected chi connectivity index (χ0v) is 22.8. The van der Waals surface area contributed by atoms with Crippen LogP contribution in [0.5, 0.6) is 0 Å². The molecule has 3 aromatic rings. The number of anilines is 1. The Balaban J connectivity index is 0.956. The van der Waals surface area contributed by atoms with Crippen molar-refractivity contribution in [3.05, 3.63) is 69.8 Å². The van der Waals surface area contributed by atoms with Crippen LogP contribution in [0.2, 0.25) is 0 Å². The van der Waals surface area contributed by atoms with Gasteiger partial charge in [-0.15, -0.1) is 0 Å². The van der Waals surface area contributed by atoms with Crippen LogP contribution in [0.25, 0.3) is 10.9 Å². The molecule has 1 aromatic heterocycles. The summed E-state index contributed by atoms with van der Waals surface area (Å²) in [6.45, 7) is 3.21. The first-order chi connectivity index (χ1) is 19.4. The molecular formula is C32H35N5O3. The summed E-state index contributed by atoms with van der Waals surface area (Å²) in [7, 11) is 0. The van der Waals surface area contributed by atoms with Crippen LogP contribution in [0.1, 0.15) is 61.5 Å². The third-order valence-electron chi connectivity index (χ3n) is 11.1. The van der Waals surface area contributed by atoms with E-state index in [4.69, 9.17) is 0 Å². The molecule has 5 fully saturated rings. The number of fused-ring (bicyclic) bond motifs is 2. The number of carbonyl (C=O) groups is 2. The second kappa shape index (κ2) is 8.74. The quantitative estimate of drug-likeness (QED) is 0.396. The van der Waals surface area contributed by atoms with Gasteiger partial charge in [0.25, 0.3) is 5.56 Å². The maximum absolute atomic E-state index is 13.7. The minimum absolute atomic E-state index is 0.204. The van der Waals surface area contributed by atoms with Gasteiger partial charge in [-0.2, -0.15) is 0 Å². The van der Waals surface area contributed by atoms with Gasteiger partial charge in [-0.3, -0.25) is 24.3 Å². The lowest BCUT2D eigenvalue weighted by atomic mass is 9.36. The van der Waals surface area contributed by atoms with Crippen molar-refractivity contribution in [1.29, 1.82) is 0 Å². The van der Waals surface area contributed by atoms with E-state index < -0.39 is 11.9 Å². The molecule has 0 radical (unpaired) electrons. The zero-order chi connectivity index (χ0) is 27.2. The summed E-state index contributed by atoms with van der Waals surface area (Å²) in [5.41, 5.74) is 4.18. The first-order valence-electron chi connectivity index (χ1n) is 14.8. The predicted molar refractivity (Wildman–Crippen MR) is 151 cm³/mol. The van der Waals surface area contributed by atoms with Gasteiger partial charge < -0.3 is 10.6 Å². The van der Waals surface area contributed by atoms with E-state index in [0.29, 0.717) is 35.4 Å². The van der Waals surface area contributed by atoms with Gasteiger partial charge in [0.05, 0.1) is 10.9 Å². The highest BCUT2D eigenvalue weighted by atomic mass is 16.2. The number of rotatable bonds is 7. The number of piperidine rings is 1. The van der Waals surface area contributed by atoms with Gasteiger partial charge >= 0.3 is 0 Å². The lowest BCUT2D eigenvalue weighted by molar-refractivity contribution is -0.203. The topological polar surface area (TPSA) is 105 Å². The summed E-state index contributed by atoms with van der Waals surface area (Å²) in [5, 5.41) is 10.1. The number of amides is 2. The number of benzene rings is 2. The molecular weight excluding hydrogens is 502 g/mol. The maximum atomic E-state index is 13.7. The molecule has 3 N–H and O–H groups in total. The van der Waals surface area contributed by atoms with Gasteiger partial charge in [-0.05, 0) is 91.4 Å². The van der Waals surface area contributed by atoms with Gasteiger partial charge in [-0.1, -0.05) is 30.3 Å². The van der Waals surface area contributed by atoms with E-state index in [1.165, 1.54) is 35.8 Å². The van der Waals surface area contributed by atoms with E-state index in [9.17, 15) is 14.4 Å². The molecule has 8 heteroatoms. The Morgan fingerprint density at radius 1 is 1.00 bits per heavy atom. The molecule has 1 spiro atoms. The Kier molecular flexibility index (Phi) is 5.31. The van der Waals surface area contributed by atoms with E-state index in [0.717, 1.165) is 47.2 Å². The molecule has 7 atom stereocenters. The van der Waals surface area contributed by atoms with Crippen LogP contribution in [0.3, 0.4) is 0 Å². The van der Waals surface area contributed by atoms with Crippen molar-refractivity contribution in [2.24, 2.45) is 29.1 Å².